The van der Waals surface area contributed by atoms with E-state index in [1.807, 2.05) is 89.5 Å². The van der Waals surface area contributed by atoms with Crippen LogP contribution in [0.15, 0.2) is 121 Å². The lowest BCUT2D eigenvalue weighted by Crippen LogP contribution is -2.29. The predicted molar refractivity (Wildman–Crippen MR) is 148 cm³/mol. The maximum absolute atomic E-state index is 13.8. The molecule has 7 rings (SSSR count). The molecule has 5 nitrogen and oxygen atoms in total. The van der Waals surface area contributed by atoms with Crippen molar-refractivity contribution in [2.45, 2.75) is 0 Å². The highest BCUT2D eigenvalue weighted by Gasteiger charge is 2.39. The lowest BCUT2D eigenvalue weighted by atomic mass is 9.98. The molecule has 1 aliphatic heterocycles. The second kappa shape index (κ2) is 8.39. The minimum absolute atomic E-state index is 0.0705. The average molecular weight is 493 g/mol. The fourth-order valence-corrected chi connectivity index (χ4v) is 5.48. The Morgan fingerprint density at radius 1 is 0.579 bits per heavy atom. The molecule has 0 saturated heterocycles. The number of ketones is 1. The fraction of sp³-hybridized carbons (Fsp3) is 0. The first-order valence-electron chi connectivity index (χ1n) is 12.3. The van der Waals surface area contributed by atoms with Gasteiger partial charge in [0.25, 0.3) is 11.8 Å². The van der Waals surface area contributed by atoms with Crippen molar-refractivity contribution in [3.63, 3.8) is 0 Å². The molecule has 1 aromatic heterocycles. The van der Waals surface area contributed by atoms with E-state index in [-0.39, 0.29) is 17.6 Å². The number of para-hydroxylation sites is 2. The molecule has 0 saturated carbocycles. The maximum atomic E-state index is 13.8. The van der Waals surface area contributed by atoms with E-state index in [1.165, 1.54) is 4.90 Å². The molecule has 0 fully saturated rings. The van der Waals surface area contributed by atoms with E-state index in [0.29, 0.717) is 33.6 Å². The topological polar surface area (TPSA) is 59.4 Å². The van der Waals surface area contributed by atoms with E-state index >= 15 is 0 Å². The number of amides is 2. The van der Waals surface area contributed by atoms with Gasteiger partial charge in [0.2, 0.25) is 0 Å². The highest BCUT2D eigenvalue weighted by atomic mass is 16.2. The number of imide groups is 1. The number of fused-ring (bicyclic) bond motifs is 4. The molecule has 6 aromatic rings. The zero-order valence-corrected chi connectivity index (χ0v) is 20.2. The number of rotatable bonds is 4. The van der Waals surface area contributed by atoms with Crippen LogP contribution in [-0.4, -0.2) is 22.2 Å². The number of carbonyl (C=O) groups is 3. The number of benzene rings is 5. The summed E-state index contributed by atoms with van der Waals surface area (Å²) in [6.07, 6.45) is 0. The summed E-state index contributed by atoms with van der Waals surface area (Å²) < 4.78 is 1.99. The third-order valence-electron chi connectivity index (χ3n) is 7.13. The number of anilines is 1. The summed E-state index contributed by atoms with van der Waals surface area (Å²) >= 11 is 0. The van der Waals surface area contributed by atoms with Gasteiger partial charge in [-0.05, 0) is 36.4 Å². The largest absolute Gasteiger partial charge is 0.308 e. The van der Waals surface area contributed by atoms with Crippen molar-refractivity contribution in [3.05, 3.63) is 144 Å². The molecule has 0 radical (unpaired) electrons. The Labute approximate surface area is 218 Å². The Balaban J connectivity index is 1.50. The summed E-state index contributed by atoms with van der Waals surface area (Å²) in [6, 6.07) is 37.0. The van der Waals surface area contributed by atoms with Crippen molar-refractivity contribution in [1.82, 2.24) is 4.57 Å². The van der Waals surface area contributed by atoms with Crippen LogP contribution in [0.1, 0.15) is 36.6 Å². The van der Waals surface area contributed by atoms with Gasteiger partial charge in [-0.25, -0.2) is 4.90 Å². The Bertz CT molecular complexity index is 1920. The van der Waals surface area contributed by atoms with E-state index < -0.39 is 0 Å². The molecule has 0 bridgehead atoms. The molecule has 0 aliphatic carbocycles. The molecule has 0 N–H and O–H groups in total. The summed E-state index contributed by atoms with van der Waals surface area (Å²) in [6.45, 7) is 0. The van der Waals surface area contributed by atoms with E-state index in [9.17, 15) is 14.4 Å². The van der Waals surface area contributed by atoms with Crippen molar-refractivity contribution in [2.24, 2.45) is 0 Å². The van der Waals surface area contributed by atoms with Gasteiger partial charge in [0.15, 0.2) is 5.78 Å². The van der Waals surface area contributed by atoms with Crippen molar-refractivity contribution in [3.8, 4) is 5.69 Å². The third-order valence-corrected chi connectivity index (χ3v) is 7.13. The normalized spacial score (nSPS) is 12.9. The predicted octanol–water partition coefficient (Wildman–Crippen LogP) is 6.82. The van der Waals surface area contributed by atoms with Gasteiger partial charge < -0.3 is 4.57 Å². The second-order valence-corrected chi connectivity index (χ2v) is 9.23. The van der Waals surface area contributed by atoms with Gasteiger partial charge in [-0.15, -0.1) is 0 Å². The zero-order chi connectivity index (χ0) is 25.8. The van der Waals surface area contributed by atoms with Gasteiger partial charge in [0, 0.05) is 21.9 Å². The lowest BCUT2D eigenvalue weighted by molar-refractivity contribution is 0.0925. The Kier molecular flexibility index (Phi) is 4.85. The summed E-state index contributed by atoms with van der Waals surface area (Å²) in [4.78, 5) is 42.0. The number of hydrogen-bond donors (Lipinski definition) is 0. The molecule has 2 heterocycles. The first kappa shape index (κ1) is 21.9. The molecule has 5 aromatic carbocycles. The van der Waals surface area contributed by atoms with Crippen LogP contribution in [0.5, 0.6) is 0 Å². The first-order valence-corrected chi connectivity index (χ1v) is 12.3. The molecule has 2 amide bonds. The summed E-state index contributed by atoms with van der Waals surface area (Å²) in [5.41, 5.74) is 4.68. The SMILES string of the molecule is O=C(c1ccccc1)c1cccc2c1c1ccccc1n2-c1cccc2c1C(=O)N(c1ccccc1)C2=O. The maximum Gasteiger partial charge on any atom is 0.268 e. The molecular weight excluding hydrogens is 472 g/mol. The molecule has 0 unspecified atom stereocenters. The van der Waals surface area contributed by atoms with Gasteiger partial charge >= 0.3 is 0 Å². The Morgan fingerprint density at radius 3 is 2.03 bits per heavy atom. The van der Waals surface area contributed by atoms with Crippen molar-refractivity contribution < 1.29 is 14.4 Å². The van der Waals surface area contributed by atoms with Crippen LogP contribution in [0.3, 0.4) is 0 Å². The minimum atomic E-state index is -0.366. The first-order chi connectivity index (χ1) is 18.6. The van der Waals surface area contributed by atoms with Crippen LogP contribution in [0.4, 0.5) is 5.69 Å². The van der Waals surface area contributed by atoms with Gasteiger partial charge in [-0.3, -0.25) is 14.4 Å². The van der Waals surface area contributed by atoms with Crippen LogP contribution in [-0.2, 0) is 0 Å². The molecule has 5 heteroatoms. The van der Waals surface area contributed by atoms with Gasteiger partial charge in [0.05, 0.1) is 33.5 Å². The van der Waals surface area contributed by atoms with Gasteiger partial charge in [0.1, 0.15) is 0 Å². The van der Waals surface area contributed by atoms with Crippen LogP contribution < -0.4 is 4.90 Å². The second-order valence-electron chi connectivity index (χ2n) is 9.23. The zero-order valence-electron chi connectivity index (χ0n) is 20.2. The smallest absolute Gasteiger partial charge is 0.268 e. The summed E-state index contributed by atoms with van der Waals surface area (Å²) in [5, 5.41) is 1.71. The van der Waals surface area contributed by atoms with Crippen molar-refractivity contribution >= 4 is 45.1 Å². The van der Waals surface area contributed by atoms with Crippen molar-refractivity contribution in [1.29, 1.82) is 0 Å². The Morgan fingerprint density at radius 2 is 1.24 bits per heavy atom. The van der Waals surface area contributed by atoms with E-state index in [0.717, 1.165) is 21.8 Å². The molecule has 1 aliphatic rings. The van der Waals surface area contributed by atoms with E-state index in [1.54, 1.807) is 36.4 Å². The van der Waals surface area contributed by atoms with Crippen LogP contribution in [0.2, 0.25) is 0 Å². The van der Waals surface area contributed by atoms with Crippen molar-refractivity contribution in [2.75, 3.05) is 4.90 Å². The molecular formula is C33H20N2O3. The van der Waals surface area contributed by atoms with E-state index in [4.69, 9.17) is 0 Å². The number of nitrogens with zero attached hydrogens (tertiary/aromatic N) is 2. The number of aromatic nitrogens is 1. The van der Waals surface area contributed by atoms with Crippen LogP contribution in [0.25, 0.3) is 27.5 Å². The quantitative estimate of drug-likeness (QED) is 0.201. The molecule has 180 valence electrons. The minimum Gasteiger partial charge on any atom is -0.308 e. The highest BCUT2D eigenvalue weighted by Crippen LogP contribution is 2.39. The summed E-state index contributed by atoms with van der Waals surface area (Å²) in [5.74, 6) is -0.785. The lowest BCUT2D eigenvalue weighted by Gasteiger charge is -2.14. The Hall–Kier alpha value is -5.29. The highest BCUT2D eigenvalue weighted by molar-refractivity contribution is 6.36. The summed E-state index contributed by atoms with van der Waals surface area (Å²) in [7, 11) is 0. The molecule has 38 heavy (non-hydrogen) atoms. The van der Waals surface area contributed by atoms with Crippen LogP contribution >= 0.6 is 0 Å². The number of hydrogen-bond acceptors (Lipinski definition) is 3. The standard InChI is InChI=1S/C33H20N2O3/c36-31(21-11-3-1-4-12-21)24-16-9-19-27-29(24)23-15-7-8-18-26(23)35(27)28-20-10-17-25-30(28)33(38)34(32(25)37)22-13-5-2-6-14-22/h1-20H. The molecule has 0 spiro atoms. The monoisotopic (exact) mass is 492 g/mol. The number of carbonyl (C=O) groups excluding carboxylic acids is 3. The fourth-order valence-electron chi connectivity index (χ4n) is 5.48. The van der Waals surface area contributed by atoms with E-state index in [2.05, 4.69) is 0 Å². The van der Waals surface area contributed by atoms with Crippen LogP contribution in [0, 0.1) is 0 Å². The molecule has 0 atom stereocenters. The van der Waals surface area contributed by atoms with Gasteiger partial charge in [-0.1, -0.05) is 84.9 Å². The third kappa shape index (κ3) is 3.09. The average Bonchev–Trinajstić information content (AvgIpc) is 3.45. The van der Waals surface area contributed by atoms with Gasteiger partial charge in [-0.2, -0.15) is 0 Å².